The Kier molecular flexibility index (Phi) is 3.69. The maximum Gasteiger partial charge on any atom is 0.416 e. The standard InChI is InChI=1S/C10H8F3N3O2S2/c1-6-14-15-9(19-6)20(17,18)16-8-4-2-3-7(5-8)10(11,12)13/h2-5,16H,1H3. The van der Waals surface area contributed by atoms with Gasteiger partial charge in [0.1, 0.15) is 5.01 Å². The van der Waals surface area contributed by atoms with Gasteiger partial charge in [0.25, 0.3) is 14.4 Å². The summed E-state index contributed by atoms with van der Waals surface area (Å²) in [5.41, 5.74) is -1.13. The Morgan fingerprint density at radius 3 is 2.50 bits per heavy atom. The second kappa shape index (κ2) is 5.02. The molecule has 0 bridgehead atoms. The van der Waals surface area contributed by atoms with E-state index in [4.69, 9.17) is 0 Å². The average Bonchev–Trinajstić information content (AvgIpc) is 2.75. The van der Waals surface area contributed by atoms with Crippen molar-refractivity contribution in [3.63, 3.8) is 0 Å². The third-order valence-electron chi connectivity index (χ3n) is 2.18. The number of hydrogen-bond donors (Lipinski definition) is 1. The summed E-state index contributed by atoms with van der Waals surface area (Å²) >= 11 is 0.829. The van der Waals surface area contributed by atoms with Crippen LogP contribution in [-0.4, -0.2) is 18.6 Å². The van der Waals surface area contributed by atoms with Crippen LogP contribution in [0, 0.1) is 6.92 Å². The van der Waals surface area contributed by atoms with Gasteiger partial charge in [-0.2, -0.15) is 21.6 Å². The molecular weight excluding hydrogens is 315 g/mol. The smallest absolute Gasteiger partial charge is 0.278 e. The van der Waals surface area contributed by atoms with Gasteiger partial charge in [-0.05, 0) is 25.1 Å². The molecule has 2 aromatic rings. The van der Waals surface area contributed by atoms with Gasteiger partial charge in [0, 0.05) is 5.69 Å². The summed E-state index contributed by atoms with van der Waals surface area (Å²) in [5, 5.41) is 7.44. The van der Waals surface area contributed by atoms with Crippen LogP contribution in [0.5, 0.6) is 0 Å². The monoisotopic (exact) mass is 323 g/mol. The second-order valence-corrected chi connectivity index (χ2v) is 6.81. The molecule has 1 aromatic heterocycles. The van der Waals surface area contributed by atoms with Crippen molar-refractivity contribution in [2.45, 2.75) is 17.4 Å². The van der Waals surface area contributed by atoms with E-state index in [-0.39, 0.29) is 10.0 Å². The summed E-state index contributed by atoms with van der Waals surface area (Å²) in [6.45, 7) is 1.57. The van der Waals surface area contributed by atoms with E-state index in [1.54, 1.807) is 6.92 Å². The first-order valence-electron chi connectivity index (χ1n) is 5.19. The van der Waals surface area contributed by atoms with Gasteiger partial charge in [0.2, 0.25) is 0 Å². The van der Waals surface area contributed by atoms with E-state index in [0.717, 1.165) is 23.5 Å². The Labute approximate surface area is 116 Å². The highest BCUT2D eigenvalue weighted by Gasteiger charge is 2.31. The zero-order valence-corrected chi connectivity index (χ0v) is 11.6. The molecule has 0 aliphatic carbocycles. The molecule has 0 atom stereocenters. The van der Waals surface area contributed by atoms with Crippen molar-refractivity contribution >= 4 is 27.0 Å². The van der Waals surface area contributed by atoms with E-state index in [1.165, 1.54) is 6.07 Å². The minimum Gasteiger partial charge on any atom is -0.278 e. The maximum atomic E-state index is 12.5. The summed E-state index contributed by atoms with van der Waals surface area (Å²) in [7, 11) is -4.03. The van der Waals surface area contributed by atoms with E-state index < -0.39 is 21.8 Å². The van der Waals surface area contributed by atoms with Crippen molar-refractivity contribution in [1.29, 1.82) is 0 Å². The van der Waals surface area contributed by atoms with Crippen LogP contribution >= 0.6 is 11.3 Å². The van der Waals surface area contributed by atoms with Crippen LogP contribution in [0.4, 0.5) is 18.9 Å². The maximum absolute atomic E-state index is 12.5. The molecule has 0 fully saturated rings. The molecular formula is C10H8F3N3O2S2. The molecule has 108 valence electrons. The molecule has 0 aliphatic heterocycles. The molecule has 1 aromatic carbocycles. The van der Waals surface area contributed by atoms with Crippen LogP contribution in [0.25, 0.3) is 0 Å². The number of aryl methyl sites for hydroxylation is 1. The minimum absolute atomic E-state index is 0.187. The molecule has 0 spiro atoms. The summed E-state index contributed by atoms with van der Waals surface area (Å²) in [6.07, 6.45) is -4.54. The highest BCUT2D eigenvalue weighted by molar-refractivity contribution is 7.94. The number of nitrogens with zero attached hydrogens (tertiary/aromatic N) is 2. The van der Waals surface area contributed by atoms with E-state index in [9.17, 15) is 21.6 Å². The zero-order valence-electron chi connectivity index (χ0n) is 9.97. The SMILES string of the molecule is Cc1nnc(S(=O)(=O)Nc2cccc(C(F)(F)F)c2)s1. The topological polar surface area (TPSA) is 72.0 Å². The highest BCUT2D eigenvalue weighted by Crippen LogP contribution is 2.31. The number of benzene rings is 1. The number of hydrogen-bond acceptors (Lipinski definition) is 5. The van der Waals surface area contributed by atoms with Gasteiger partial charge in [-0.1, -0.05) is 17.4 Å². The quantitative estimate of drug-likeness (QED) is 0.942. The van der Waals surface area contributed by atoms with Crippen LogP contribution in [0.3, 0.4) is 0 Å². The van der Waals surface area contributed by atoms with E-state index in [1.807, 2.05) is 4.72 Å². The molecule has 0 radical (unpaired) electrons. The molecule has 0 saturated heterocycles. The lowest BCUT2D eigenvalue weighted by molar-refractivity contribution is -0.137. The first-order valence-corrected chi connectivity index (χ1v) is 7.49. The summed E-state index contributed by atoms with van der Waals surface area (Å²) in [4.78, 5) is 0. The third-order valence-corrected chi connectivity index (χ3v) is 4.77. The Hall–Kier alpha value is -1.68. The number of halogens is 3. The van der Waals surface area contributed by atoms with Crippen molar-refractivity contribution < 1.29 is 21.6 Å². The summed E-state index contributed by atoms with van der Waals surface area (Å²) in [6, 6.07) is 3.91. The van der Waals surface area contributed by atoms with Gasteiger partial charge in [-0.15, -0.1) is 10.2 Å². The normalized spacial score (nSPS) is 12.4. The van der Waals surface area contributed by atoms with Crippen LogP contribution in [-0.2, 0) is 16.2 Å². The number of rotatable bonds is 3. The Morgan fingerprint density at radius 2 is 1.95 bits per heavy atom. The fourth-order valence-electron chi connectivity index (χ4n) is 1.34. The number of sulfonamides is 1. The largest absolute Gasteiger partial charge is 0.416 e. The van der Waals surface area contributed by atoms with Crippen molar-refractivity contribution in [3.05, 3.63) is 34.8 Å². The molecule has 5 nitrogen and oxygen atoms in total. The van der Waals surface area contributed by atoms with Crippen molar-refractivity contribution in [3.8, 4) is 0 Å². The number of alkyl halides is 3. The van der Waals surface area contributed by atoms with Gasteiger partial charge in [-0.25, -0.2) is 0 Å². The van der Waals surface area contributed by atoms with Crippen LogP contribution in [0.15, 0.2) is 28.6 Å². The molecule has 2 rings (SSSR count). The summed E-state index contributed by atoms with van der Waals surface area (Å²) < 4.78 is 63.1. The third kappa shape index (κ3) is 3.25. The van der Waals surface area contributed by atoms with Gasteiger partial charge in [0.15, 0.2) is 0 Å². The predicted octanol–water partition coefficient (Wildman–Crippen LogP) is 2.67. The van der Waals surface area contributed by atoms with E-state index in [0.29, 0.717) is 11.1 Å². The molecule has 0 aliphatic rings. The molecule has 0 saturated carbocycles. The number of nitrogens with one attached hydrogen (secondary N) is 1. The fraction of sp³-hybridized carbons (Fsp3) is 0.200. The molecule has 0 amide bonds. The van der Waals surface area contributed by atoms with Crippen LogP contribution < -0.4 is 4.72 Å². The average molecular weight is 323 g/mol. The summed E-state index contributed by atoms with van der Waals surface area (Å²) in [5.74, 6) is 0. The van der Waals surface area contributed by atoms with E-state index >= 15 is 0 Å². The van der Waals surface area contributed by atoms with Gasteiger partial charge in [0.05, 0.1) is 5.56 Å². The molecule has 1 heterocycles. The molecule has 20 heavy (non-hydrogen) atoms. The Balaban J connectivity index is 2.31. The Bertz CT molecular complexity index is 725. The van der Waals surface area contributed by atoms with Gasteiger partial charge in [-0.3, -0.25) is 4.72 Å². The van der Waals surface area contributed by atoms with Gasteiger partial charge >= 0.3 is 6.18 Å². The van der Waals surface area contributed by atoms with Crippen molar-refractivity contribution in [1.82, 2.24) is 10.2 Å². The number of aromatic nitrogens is 2. The molecule has 0 unspecified atom stereocenters. The molecule has 1 N–H and O–H groups in total. The van der Waals surface area contributed by atoms with Crippen molar-refractivity contribution in [2.75, 3.05) is 4.72 Å². The van der Waals surface area contributed by atoms with Gasteiger partial charge < -0.3 is 0 Å². The number of anilines is 1. The van der Waals surface area contributed by atoms with Crippen LogP contribution in [0.1, 0.15) is 10.6 Å². The Morgan fingerprint density at radius 1 is 1.25 bits per heavy atom. The van der Waals surface area contributed by atoms with E-state index in [2.05, 4.69) is 10.2 Å². The fourth-order valence-corrected chi connectivity index (χ4v) is 3.36. The predicted molar refractivity (Wildman–Crippen MR) is 66.9 cm³/mol. The van der Waals surface area contributed by atoms with Crippen molar-refractivity contribution in [2.24, 2.45) is 0 Å². The first kappa shape index (κ1) is 14.7. The first-order chi connectivity index (χ1) is 9.18. The lowest BCUT2D eigenvalue weighted by atomic mass is 10.2. The molecule has 10 heteroatoms. The van der Waals surface area contributed by atoms with Crippen LogP contribution in [0.2, 0.25) is 0 Å². The lowest BCUT2D eigenvalue weighted by Crippen LogP contribution is -2.13. The highest BCUT2D eigenvalue weighted by atomic mass is 32.2. The second-order valence-electron chi connectivity index (χ2n) is 3.77. The minimum atomic E-state index is -4.54. The zero-order chi connectivity index (χ0) is 15.0. The lowest BCUT2D eigenvalue weighted by Gasteiger charge is -2.09.